The fourth-order valence-electron chi connectivity index (χ4n) is 2.76. The third-order valence-corrected chi connectivity index (χ3v) is 5.03. The maximum Gasteiger partial charge on any atom is 0.263 e. The van der Waals surface area contributed by atoms with E-state index in [0.29, 0.717) is 18.2 Å². The van der Waals surface area contributed by atoms with Gasteiger partial charge in [0, 0.05) is 6.54 Å². The van der Waals surface area contributed by atoms with Crippen LogP contribution in [0.1, 0.15) is 22.2 Å². The van der Waals surface area contributed by atoms with Crippen LogP contribution in [0.3, 0.4) is 0 Å². The number of hydrogen-bond acceptors (Lipinski definition) is 6. The molecule has 25 heavy (non-hydrogen) atoms. The van der Waals surface area contributed by atoms with Crippen molar-refractivity contribution < 1.29 is 8.83 Å². The molecule has 0 aliphatic heterocycles. The Morgan fingerprint density at radius 1 is 1.00 bits per heavy atom. The molecule has 0 spiro atoms. The van der Waals surface area contributed by atoms with Crippen LogP contribution in [0.2, 0.25) is 0 Å². The molecule has 0 atom stereocenters. The van der Waals surface area contributed by atoms with Gasteiger partial charge < -0.3 is 8.83 Å². The second kappa shape index (κ2) is 6.46. The third-order valence-electron chi connectivity index (χ3n) is 4.01. The topological polar surface area (TPSA) is 55.3 Å². The molecule has 4 rings (SSSR count). The lowest BCUT2D eigenvalue weighted by atomic mass is 10.3. The average molecular weight is 353 g/mol. The zero-order valence-corrected chi connectivity index (χ0v) is 15.3. The van der Waals surface area contributed by atoms with Crippen molar-refractivity contribution in [1.29, 1.82) is 0 Å². The molecule has 0 saturated carbocycles. The molecule has 0 radical (unpaired) electrons. The number of fused-ring (bicyclic) bond motifs is 1. The predicted octanol–water partition coefficient (Wildman–Crippen LogP) is 4.79. The Morgan fingerprint density at radius 3 is 2.60 bits per heavy atom. The number of furan rings is 1. The predicted molar refractivity (Wildman–Crippen MR) is 98.5 cm³/mol. The molecule has 4 aromatic rings. The molecule has 3 aromatic heterocycles. The summed E-state index contributed by atoms with van der Waals surface area (Å²) >= 11 is 1.73. The van der Waals surface area contributed by atoms with Crippen molar-refractivity contribution in [2.45, 2.75) is 26.9 Å². The number of rotatable bonds is 5. The minimum atomic E-state index is 0.536. The van der Waals surface area contributed by atoms with Crippen molar-refractivity contribution in [3.05, 3.63) is 58.6 Å². The van der Waals surface area contributed by atoms with Crippen LogP contribution in [-0.2, 0) is 13.1 Å². The largest absolute Gasteiger partial charge is 0.456 e. The Morgan fingerprint density at radius 2 is 1.84 bits per heavy atom. The highest BCUT2D eigenvalue weighted by Gasteiger charge is 2.16. The van der Waals surface area contributed by atoms with E-state index in [0.717, 1.165) is 34.3 Å². The molecule has 0 amide bonds. The smallest absolute Gasteiger partial charge is 0.263 e. The van der Waals surface area contributed by atoms with Crippen molar-refractivity contribution >= 4 is 21.6 Å². The van der Waals surface area contributed by atoms with Crippen LogP contribution >= 0.6 is 11.3 Å². The van der Waals surface area contributed by atoms with Crippen LogP contribution in [0.25, 0.3) is 21.9 Å². The Bertz CT molecular complexity index is 982. The molecule has 6 heteroatoms. The van der Waals surface area contributed by atoms with Gasteiger partial charge in [0.25, 0.3) is 5.89 Å². The lowest BCUT2D eigenvalue weighted by molar-refractivity contribution is 0.313. The van der Waals surface area contributed by atoms with Crippen LogP contribution in [-0.4, -0.2) is 21.9 Å². The maximum atomic E-state index is 5.77. The van der Waals surface area contributed by atoms with Crippen molar-refractivity contribution in [1.82, 2.24) is 14.9 Å². The molecule has 0 unspecified atom stereocenters. The van der Waals surface area contributed by atoms with Gasteiger partial charge in [0.15, 0.2) is 5.76 Å². The van der Waals surface area contributed by atoms with Crippen molar-refractivity contribution in [2.24, 2.45) is 0 Å². The minimum Gasteiger partial charge on any atom is -0.456 e. The lowest BCUT2D eigenvalue weighted by Crippen LogP contribution is -2.17. The second-order valence-electron chi connectivity index (χ2n) is 6.18. The Hall–Kier alpha value is -2.44. The maximum absolute atomic E-state index is 5.77. The van der Waals surface area contributed by atoms with Gasteiger partial charge in [-0.3, -0.25) is 4.90 Å². The molecule has 0 bridgehead atoms. The van der Waals surface area contributed by atoms with Crippen molar-refractivity contribution in [2.75, 3.05) is 7.05 Å². The van der Waals surface area contributed by atoms with Gasteiger partial charge in [-0.2, -0.15) is 0 Å². The van der Waals surface area contributed by atoms with Gasteiger partial charge in [0.1, 0.15) is 16.5 Å². The second-order valence-corrected chi connectivity index (χ2v) is 7.30. The van der Waals surface area contributed by atoms with Gasteiger partial charge in [-0.05, 0) is 45.2 Å². The fourth-order valence-corrected chi connectivity index (χ4v) is 3.81. The van der Waals surface area contributed by atoms with Crippen molar-refractivity contribution in [3.63, 3.8) is 0 Å². The quantitative estimate of drug-likeness (QED) is 0.516. The van der Waals surface area contributed by atoms with E-state index in [-0.39, 0.29) is 0 Å². The Labute approximate surface area is 149 Å². The summed E-state index contributed by atoms with van der Waals surface area (Å²) in [5.41, 5.74) is 1.98. The minimum absolute atomic E-state index is 0.536. The van der Waals surface area contributed by atoms with E-state index >= 15 is 0 Å². The highest BCUT2D eigenvalue weighted by Crippen LogP contribution is 2.25. The zero-order valence-electron chi connectivity index (χ0n) is 14.4. The number of oxazole rings is 1. The highest BCUT2D eigenvalue weighted by molar-refractivity contribution is 7.18. The van der Waals surface area contributed by atoms with E-state index in [9.17, 15) is 0 Å². The Kier molecular flexibility index (Phi) is 4.15. The molecule has 0 aliphatic carbocycles. The first kappa shape index (κ1) is 16.1. The number of hydrogen-bond donors (Lipinski definition) is 0. The number of benzene rings is 1. The molecular weight excluding hydrogens is 334 g/mol. The molecule has 1 aromatic carbocycles. The standard InChI is InChI=1S/C19H19N3O2S/c1-12-8-9-16(23-12)19-21-15(13(2)24-19)10-22(3)11-18-20-14-6-4-5-7-17(14)25-18/h4-9H,10-11H2,1-3H3. The van der Waals surface area contributed by atoms with Gasteiger partial charge in [0.2, 0.25) is 0 Å². The first-order valence-corrected chi connectivity index (χ1v) is 8.96. The van der Waals surface area contributed by atoms with Crippen LogP contribution in [0, 0.1) is 13.8 Å². The first-order valence-electron chi connectivity index (χ1n) is 8.14. The van der Waals surface area contributed by atoms with Gasteiger partial charge in [0.05, 0.1) is 22.5 Å². The third kappa shape index (κ3) is 3.36. The summed E-state index contributed by atoms with van der Waals surface area (Å²) in [7, 11) is 2.07. The SMILES string of the molecule is Cc1ccc(-c2nc(CN(C)Cc3nc4ccccc4s3)c(C)o2)o1. The van der Waals surface area contributed by atoms with Gasteiger partial charge in [-0.15, -0.1) is 11.3 Å². The monoisotopic (exact) mass is 353 g/mol. The number of nitrogens with zero attached hydrogens (tertiary/aromatic N) is 3. The molecule has 128 valence electrons. The molecule has 0 N–H and O–H groups in total. The molecule has 0 saturated heterocycles. The molecule has 3 heterocycles. The van der Waals surface area contributed by atoms with Gasteiger partial charge in [-0.25, -0.2) is 9.97 Å². The summed E-state index contributed by atoms with van der Waals surface area (Å²) in [6.45, 7) is 5.32. The number of thiazole rings is 1. The summed E-state index contributed by atoms with van der Waals surface area (Å²) in [5.74, 6) is 2.87. The zero-order chi connectivity index (χ0) is 17.4. The number of para-hydroxylation sites is 1. The summed E-state index contributed by atoms with van der Waals surface area (Å²) in [5, 5.41) is 1.10. The van der Waals surface area contributed by atoms with Gasteiger partial charge >= 0.3 is 0 Å². The highest BCUT2D eigenvalue weighted by atomic mass is 32.1. The molecule has 0 fully saturated rings. The van der Waals surface area contributed by atoms with E-state index < -0.39 is 0 Å². The van der Waals surface area contributed by atoms with E-state index in [1.165, 1.54) is 4.70 Å². The molecular formula is C19H19N3O2S. The molecule has 0 aliphatic rings. The fraction of sp³-hybridized carbons (Fsp3) is 0.263. The summed E-state index contributed by atoms with van der Waals surface area (Å²) in [4.78, 5) is 11.5. The van der Waals surface area contributed by atoms with Gasteiger partial charge in [-0.1, -0.05) is 12.1 Å². The van der Waals surface area contributed by atoms with Crippen LogP contribution in [0.4, 0.5) is 0 Å². The van der Waals surface area contributed by atoms with Crippen LogP contribution in [0.5, 0.6) is 0 Å². The van der Waals surface area contributed by atoms with Crippen molar-refractivity contribution in [3.8, 4) is 11.7 Å². The van der Waals surface area contributed by atoms with E-state index in [2.05, 4.69) is 29.1 Å². The van der Waals surface area contributed by atoms with E-state index in [4.69, 9.17) is 13.8 Å². The summed E-state index contributed by atoms with van der Waals surface area (Å²) in [6.07, 6.45) is 0. The van der Waals surface area contributed by atoms with E-state index in [1.807, 2.05) is 38.1 Å². The summed E-state index contributed by atoms with van der Waals surface area (Å²) < 4.78 is 12.6. The first-order chi connectivity index (χ1) is 12.1. The summed E-state index contributed by atoms with van der Waals surface area (Å²) in [6, 6.07) is 12.0. The lowest BCUT2D eigenvalue weighted by Gasteiger charge is -2.13. The van der Waals surface area contributed by atoms with E-state index in [1.54, 1.807) is 11.3 Å². The molecule has 5 nitrogen and oxygen atoms in total. The van der Waals surface area contributed by atoms with Crippen LogP contribution < -0.4 is 0 Å². The van der Waals surface area contributed by atoms with Crippen LogP contribution in [0.15, 0.2) is 45.2 Å². The normalized spacial score (nSPS) is 11.7. The Balaban J connectivity index is 1.48. The average Bonchev–Trinajstić information content (AvgIpc) is 3.26. The number of aromatic nitrogens is 2. The number of aryl methyl sites for hydroxylation is 2.